The van der Waals surface area contributed by atoms with Gasteiger partial charge in [-0.15, -0.1) is 0 Å². The van der Waals surface area contributed by atoms with Gasteiger partial charge < -0.3 is 19.9 Å². The van der Waals surface area contributed by atoms with E-state index in [1.165, 1.54) is 0 Å². The molecule has 0 atom stereocenters. The highest BCUT2D eigenvalue weighted by atomic mass is 16.5. The van der Waals surface area contributed by atoms with E-state index in [1.54, 1.807) is 6.20 Å². The standard InChI is InChI=1S/C17H21N5O3/c23-17(19-8-14-12-3-1-2-4-15(12)25-22-14)20-9-16-18-7-11-10-24-6-5-13(11)21-16/h7H,1-6,8-10H2,(H2,19,20,23). The molecule has 0 aromatic carbocycles. The van der Waals surface area contributed by atoms with Crippen LogP contribution >= 0.6 is 0 Å². The predicted molar refractivity (Wildman–Crippen MR) is 87.6 cm³/mol. The molecule has 1 aliphatic heterocycles. The van der Waals surface area contributed by atoms with Gasteiger partial charge in [-0.05, 0) is 19.3 Å². The van der Waals surface area contributed by atoms with Crippen LogP contribution in [0.3, 0.4) is 0 Å². The highest BCUT2D eigenvalue weighted by Crippen LogP contribution is 2.23. The van der Waals surface area contributed by atoms with Crippen LogP contribution in [-0.4, -0.2) is 27.8 Å². The zero-order valence-corrected chi connectivity index (χ0v) is 14.0. The molecule has 0 bridgehead atoms. The van der Waals surface area contributed by atoms with Crippen molar-refractivity contribution in [3.63, 3.8) is 0 Å². The smallest absolute Gasteiger partial charge is 0.315 e. The summed E-state index contributed by atoms with van der Waals surface area (Å²) >= 11 is 0. The van der Waals surface area contributed by atoms with Crippen molar-refractivity contribution >= 4 is 6.03 Å². The van der Waals surface area contributed by atoms with E-state index in [-0.39, 0.29) is 12.6 Å². The summed E-state index contributed by atoms with van der Waals surface area (Å²) in [5, 5.41) is 9.69. The van der Waals surface area contributed by atoms with Crippen LogP contribution in [0.4, 0.5) is 4.79 Å². The van der Waals surface area contributed by atoms with Crippen molar-refractivity contribution in [1.82, 2.24) is 25.8 Å². The minimum absolute atomic E-state index is 0.266. The number of hydrogen-bond donors (Lipinski definition) is 2. The maximum Gasteiger partial charge on any atom is 0.315 e. The Morgan fingerprint density at radius 2 is 2.04 bits per heavy atom. The van der Waals surface area contributed by atoms with Crippen LogP contribution in [0.25, 0.3) is 0 Å². The third-order valence-electron chi connectivity index (χ3n) is 4.60. The van der Waals surface area contributed by atoms with Gasteiger partial charge in [0.1, 0.15) is 17.3 Å². The molecule has 2 aromatic heterocycles. The molecule has 2 amide bonds. The number of rotatable bonds is 4. The van der Waals surface area contributed by atoms with E-state index in [4.69, 9.17) is 9.26 Å². The fourth-order valence-corrected chi connectivity index (χ4v) is 3.23. The van der Waals surface area contributed by atoms with E-state index >= 15 is 0 Å². The van der Waals surface area contributed by atoms with Gasteiger partial charge in [-0.2, -0.15) is 0 Å². The van der Waals surface area contributed by atoms with Crippen LogP contribution in [-0.2, 0) is 43.7 Å². The number of hydrogen-bond acceptors (Lipinski definition) is 6. The second-order valence-electron chi connectivity index (χ2n) is 6.34. The summed E-state index contributed by atoms with van der Waals surface area (Å²) < 4.78 is 10.7. The van der Waals surface area contributed by atoms with Gasteiger partial charge in [0.05, 0.1) is 32.0 Å². The van der Waals surface area contributed by atoms with Crippen LogP contribution in [0.5, 0.6) is 0 Å². The number of aryl methyl sites for hydroxylation is 1. The molecule has 132 valence electrons. The normalized spacial score (nSPS) is 16.0. The van der Waals surface area contributed by atoms with Crippen molar-refractivity contribution in [2.24, 2.45) is 0 Å². The lowest BCUT2D eigenvalue weighted by molar-refractivity contribution is 0.108. The van der Waals surface area contributed by atoms with E-state index in [0.717, 1.165) is 60.4 Å². The molecule has 1 aliphatic carbocycles. The number of carbonyl (C=O) groups excluding carboxylic acids is 1. The van der Waals surface area contributed by atoms with Crippen molar-refractivity contribution in [2.45, 2.75) is 51.8 Å². The molecule has 25 heavy (non-hydrogen) atoms. The molecule has 2 aromatic rings. The lowest BCUT2D eigenvalue weighted by Gasteiger charge is -2.15. The fourth-order valence-electron chi connectivity index (χ4n) is 3.23. The number of carbonyl (C=O) groups is 1. The number of amides is 2. The summed E-state index contributed by atoms with van der Waals surface area (Å²) in [6.45, 7) is 1.90. The zero-order valence-electron chi connectivity index (χ0n) is 14.0. The summed E-state index contributed by atoms with van der Waals surface area (Å²) in [4.78, 5) is 20.8. The molecule has 4 rings (SSSR count). The first kappa shape index (κ1) is 16.0. The topological polar surface area (TPSA) is 102 Å². The molecule has 0 radical (unpaired) electrons. The molecular formula is C17H21N5O3. The average Bonchev–Trinajstić information content (AvgIpc) is 3.08. The van der Waals surface area contributed by atoms with Crippen molar-refractivity contribution in [2.75, 3.05) is 6.61 Å². The Morgan fingerprint density at radius 1 is 1.16 bits per heavy atom. The molecule has 8 heteroatoms. The first-order valence-corrected chi connectivity index (χ1v) is 8.69. The van der Waals surface area contributed by atoms with Gasteiger partial charge in [-0.25, -0.2) is 14.8 Å². The summed E-state index contributed by atoms with van der Waals surface area (Å²) in [5.74, 6) is 1.57. The number of ether oxygens (including phenoxy) is 1. The Bertz CT molecular complexity index is 774. The van der Waals surface area contributed by atoms with Crippen LogP contribution in [0.1, 0.15) is 46.9 Å². The highest BCUT2D eigenvalue weighted by Gasteiger charge is 2.19. The summed E-state index contributed by atoms with van der Waals surface area (Å²) in [6.07, 6.45) is 6.77. The van der Waals surface area contributed by atoms with Gasteiger partial charge in [-0.1, -0.05) is 5.16 Å². The molecule has 2 aliphatic rings. The molecule has 8 nitrogen and oxygen atoms in total. The number of nitrogens with one attached hydrogen (secondary N) is 2. The largest absolute Gasteiger partial charge is 0.376 e. The Labute approximate surface area is 145 Å². The van der Waals surface area contributed by atoms with Crippen LogP contribution in [0.15, 0.2) is 10.7 Å². The van der Waals surface area contributed by atoms with E-state index < -0.39 is 0 Å². The number of nitrogens with zero attached hydrogens (tertiary/aromatic N) is 3. The van der Waals surface area contributed by atoms with E-state index in [0.29, 0.717) is 25.6 Å². The minimum atomic E-state index is -0.266. The minimum Gasteiger partial charge on any atom is -0.376 e. The second-order valence-corrected chi connectivity index (χ2v) is 6.34. The molecule has 0 spiro atoms. The first-order valence-electron chi connectivity index (χ1n) is 8.69. The van der Waals surface area contributed by atoms with Gasteiger partial charge in [-0.3, -0.25) is 0 Å². The van der Waals surface area contributed by atoms with E-state index in [2.05, 4.69) is 25.8 Å². The monoisotopic (exact) mass is 343 g/mol. The van der Waals surface area contributed by atoms with Crippen molar-refractivity contribution in [3.8, 4) is 0 Å². The molecule has 2 N–H and O–H groups in total. The molecule has 0 saturated heterocycles. The van der Waals surface area contributed by atoms with Crippen LogP contribution < -0.4 is 10.6 Å². The highest BCUT2D eigenvalue weighted by molar-refractivity contribution is 5.73. The first-order chi connectivity index (χ1) is 12.3. The zero-order chi connectivity index (χ0) is 17.1. The number of fused-ring (bicyclic) bond motifs is 2. The quantitative estimate of drug-likeness (QED) is 0.870. The predicted octanol–water partition coefficient (Wildman–Crippen LogP) is 1.42. The molecule has 3 heterocycles. The van der Waals surface area contributed by atoms with Crippen LogP contribution in [0, 0.1) is 0 Å². The van der Waals surface area contributed by atoms with Crippen molar-refractivity contribution in [3.05, 3.63) is 40.3 Å². The molecule has 0 saturated carbocycles. The maximum atomic E-state index is 12.0. The SMILES string of the molecule is O=C(NCc1ncc2c(n1)CCOC2)NCc1noc2c1CCCC2. The van der Waals surface area contributed by atoms with Crippen molar-refractivity contribution in [1.29, 1.82) is 0 Å². The third kappa shape index (κ3) is 3.63. The summed E-state index contributed by atoms with van der Waals surface area (Å²) in [6, 6.07) is -0.266. The fraction of sp³-hybridized carbons (Fsp3) is 0.529. The van der Waals surface area contributed by atoms with Crippen LogP contribution in [0.2, 0.25) is 0 Å². The third-order valence-corrected chi connectivity index (χ3v) is 4.60. The lowest BCUT2D eigenvalue weighted by atomic mass is 9.96. The Hall–Kier alpha value is -2.48. The summed E-state index contributed by atoms with van der Waals surface area (Å²) in [5.41, 5.74) is 4.02. The van der Waals surface area contributed by atoms with E-state index in [9.17, 15) is 4.79 Å². The molecular weight excluding hydrogens is 322 g/mol. The summed E-state index contributed by atoms with van der Waals surface area (Å²) in [7, 11) is 0. The van der Waals surface area contributed by atoms with Gasteiger partial charge >= 0.3 is 6.03 Å². The Kier molecular flexibility index (Phi) is 4.60. The molecule has 0 unspecified atom stereocenters. The van der Waals surface area contributed by atoms with Gasteiger partial charge in [0.25, 0.3) is 0 Å². The molecule has 0 fully saturated rings. The maximum absolute atomic E-state index is 12.0. The number of aromatic nitrogens is 3. The lowest BCUT2D eigenvalue weighted by Crippen LogP contribution is -2.35. The van der Waals surface area contributed by atoms with Crippen molar-refractivity contribution < 1.29 is 14.1 Å². The Balaban J connectivity index is 1.29. The second kappa shape index (κ2) is 7.18. The number of urea groups is 1. The van der Waals surface area contributed by atoms with Gasteiger partial charge in [0.15, 0.2) is 0 Å². The van der Waals surface area contributed by atoms with E-state index in [1.807, 2.05) is 0 Å². The average molecular weight is 343 g/mol. The van der Waals surface area contributed by atoms with Gasteiger partial charge in [0.2, 0.25) is 0 Å². The Morgan fingerprint density at radius 3 is 3.00 bits per heavy atom. The van der Waals surface area contributed by atoms with Gasteiger partial charge in [0, 0.05) is 30.2 Å².